The van der Waals surface area contributed by atoms with Gasteiger partial charge in [0.2, 0.25) is 0 Å². The van der Waals surface area contributed by atoms with Gasteiger partial charge in [0, 0.05) is 18.4 Å². The summed E-state index contributed by atoms with van der Waals surface area (Å²) in [6, 6.07) is 4.77. The minimum absolute atomic E-state index is 0.604. The van der Waals surface area contributed by atoms with Gasteiger partial charge in [0.15, 0.2) is 0 Å². The third-order valence-corrected chi connectivity index (χ3v) is 2.28. The molecule has 0 bridgehead atoms. The second-order valence-electron chi connectivity index (χ2n) is 3.33. The van der Waals surface area contributed by atoms with E-state index in [0.29, 0.717) is 6.04 Å². The van der Waals surface area contributed by atoms with Gasteiger partial charge in [0.25, 0.3) is 0 Å². The Labute approximate surface area is 80.4 Å². The molecule has 0 amide bonds. The molecule has 1 aromatic rings. The zero-order chi connectivity index (χ0) is 9.52. The topological polar surface area (TPSA) is 24.9 Å². The predicted octanol–water partition coefficient (Wildman–Crippen LogP) is 2.01. The molecular formula is C11H18N2. The molecule has 13 heavy (non-hydrogen) atoms. The molecule has 0 aliphatic carbocycles. The van der Waals surface area contributed by atoms with Crippen molar-refractivity contribution in [2.75, 3.05) is 7.05 Å². The van der Waals surface area contributed by atoms with Crippen LogP contribution in [0.1, 0.15) is 25.3 Å². The van der Waals surface area contributed by atoms with Gasteiger partial charge in [-0.25, -0.2) is 0 Å². The third kappa shape index (κ3) is 3.55. The predicted molar refractivity (Wildman–Crippen MR) is 55.7 cm³/mol. The Balaban J connectivity index is 2.46. The molecule has 1 N–H and O–H groups in total. The number of hydrogen-bond acceptors (Lipinski definition) is 2. The molecule has 1 aromatic heterocycles. The Bertz CT molecular complexity index is 221. The second-order valence-corrected chi connectivity index (χ2v) is 3.33. The molecule has 2 heteroatoms. The Morgan fingerprint density at radius 1 is 1.38 bits per heavy atom. The minimum Gasteiger partial charge on any atom is -0.317 e. The van der Waals surface area contributed by atoms with E-state index in [9.17, 15) is 0 Å². The number of rotatable bonds is 5. The third-order valence-electron chi connectivity index (χ3n) is 2.28. The summed E-state index contributed by atoms with van der Waals surface area (Å²) in [5, 5.41) is 3.33. The van der Waals surface area contributed by atoms with Crippen molar-refractivity contribution in [3.63, 3.8) is 0 Å². The largest absolute Gasteiger partial charge is 0.317 e. The molecule has 1 atom stereocenters. The lowest BCUT2D eigenvalue weighted by Crippen LogP contribution is -2.27. The summed E-state index contributed by atoms with van der Waals surface area (Å²) in [5.74, 6) is 0. The average Bonchev–Trinajstić information content (AvgIpc) is 2.19. The average molecular weight is 178 g/mol. The number of pyridine rings is 1. The van der Waals surface area contributed by atoms with E-state index in [-0.39, 0.29) is 0 Å². The molecule has 1 heterocycles. The smallest absolute Gasteiger partial charge is 0.0270 e. The van der Waals surface area contributed by atoms with Crippen LogP contribution in [-0.2, 0) is 6.42 Å². The van der Waals surface area contributed by atoms with Crippen LogP contribution in [0.25, 0.3) is 0 Å². The first-order chi connectivity index (χ1) is 6.36. The van der Waals surface area contributed by atoms with Crippen molar-refractivity contribution in [1.82, 2.24) is 10.3 Å². The maximum absolute atomic E-state index is 4.00. The Morgan fingerprint density at radius 3 is 2.62 bits per heavy atom. The molecule has 2 nitrogen and oxygen atoms in total. The van der Waals surface area contributed by atoms with E-state index in [0.717, 1.165) is 6.42 Å². The first-order valence-corrected chi connectivity index (χ1v) is 4.93. The van der Waals surface area contributed by atoms with Gasteiger partial charge in [0.05, 0.1) is 0 Å². The highest BCUT2D eigenvalue weighted by Crippen LogP contribution is 2.05. The van der Waals surface area contributed by atoms with Crippen LogP contribution in [0.2, 0.25) is 0 Å². The standard InChI is InChI=1S/C11H18N2/c1-3-4-11(12-2)9-10-5-7-13-8-6-10/h5-8,11-12H,3-4,9H2,1-2H3. The van der Waals surface area contributed by atoms with E-state index < -0.39 is 0 Å². The number of hydrogen-bond donors (Lipinski definition) is 1. The van der Waals surface area contributed by atoms with E-state index in [2.05, 4.69) is 29.4 Å². The summed E-state index contributed by atoms with van der Waals surface area (Å²) in [4.78, 5) is 4.00. The van der Waals surface area contributed by atoms with E-state index in [1.54, 1.807) is 0 Å². The first kappa shape index (κ1) is 10.2. The lowest BCUT2D eigenvalue weighted by molar-refractivity contribution is 0.513. The van der Waals surface area contributed by atoms with E-state index >= 15 is 0 Å². The van der Waals surface area contributed by atoms with Gasteiger partial charge in [-0.2, -0.15) is 0 Å². The SMILES string of the molecule is CCCC(Cc1ccncc1)NC. The van der Waals surface area contributed by atoms with Gasteiger partial charge in [0.1, 0.15) is 0 Å². The van der Waals surface area contributed by atoms with Crippen molar-refractivity contribution < 1.29 is 0 Å². The highest BCUT2D eigenvalue weighted by atomic mass is 14.9. The van der Waals surface area contributed by atoms with Crippen LogP contribution in [0.3, 0.4) is 0 Å². The summed E-state index contributed by atoms with van der Waals surface area (Å²) in [7, 11) is 2.03. The van der Waals surface area contributed by atoms with Gasteiger partial charge >= 0.3 is 0 Å². The normalized spacial score (nSPS) is 12.8. The van der Waals surface area contributed by atoms with Gasteiger partial charge in [-0.05, 0) is 37.6 Å². The van der Waals surface area contributed by atoms with Crippen LogP contribution in [0, 0.1) is 0 Å². The maximum atomic E-state index is 4.00. The summed E-state index contributed by atoms with van der Waals surface area (Å²) in [6.45, 7) is 2.22. The van der Waals surface area contributed by atoms with Crippen LogP contribution >= 0.6 is 0 Å². The van der Waals surface area contributed by atoms with Gasteiger partial charge in [-0.3, -0.25) is 4.98 Å². The van der Waals surface area contributed by atoms with E-state index in [4.69, 9.17) is 0 Å². The summed E-state index contributed by atoms with van der Waals surface area (Å²) in [5.41, 5.74) is 1.36. The minimum atomic E-state index is 0.604. The molecule has 0 aliphatic heterocycles. The molecule has 0 spiro atoms. The zero-order valence-corrected chi connectivity index (χ0v) is 8.46. The summed E-state index contributed by atoms with van der Waals surface area (Å²) >= 11 is 0. The molecule has 0 radical (unpaired) electrons. The monoisotopic (exact) mass is 178 g/mol. The van der Waals surface area contributed by atoms with Crippen molar-refractivity contribution in [2.24, 2.45) is 0 Å². The molecule has 0 saturated heterocycles. The molecule has 1 rings (SSSR count). The Kier molecular flexibility index (Phi) is 4.47. The summed E-state index contributed by atoms with van der Waals surface area (Å²) in [6.07, 6.45) is 7.28. The first-order valence-electron chi connectivity index (χ1n) is 4.93. The van der Waals surface area contributed by atoms with Crippen LogP contribution in [0.15, 0.2) is 24.5 Å². The molecule has 72 valence electrons. The van der Waals surface area contributed by atoms with Crippen LogP contribution in [0.4, 0.5) is 0 Å². The highest BCUT2D eigenvalue weighted by Gasteiger charge is 2.04. The van der Waals surface area contributed by atoms with Gasteiger partial charge in [-0.1, -0.05) is 13.3 Å². The fraction of sp³-hybridized carbons (Fsp3) is 0.545. The highest BCUT2D eigenvalue weighted by molar-refractivity contribution is 5.11. The lowest BCUT2D eigenvalue weighted by atomic mass is 10.0. The fourth-order valence-corrected chi connectivity index (χ4v) is 1.50. The van der Waals surface area contributed by atoms with Crippen molar-refractivity contribution >= 4 is 0 Å². The van der Waals surface area contributed by atoms with Crippen LogP contribution in [0.5, 0.6) is 0 Å². The van der Waals surface area contributed by atoms with Crippen molar-refractivity contribution in [2.45, 2.75) is 32.2 Å². The molecule has 1 unspecified atom stereocenters. The van der Waals surface area contributed by atoms with Crippen molar-refractivity contribution in [3.8, 4) is 0 Å². The van der Waals surface area contributed by atoms with E-state index in [1.165, 1.54) is 18.4 Å². The molecule has 0 fully saturated rings. The number of likely N-dealkylation sites (N-methyl/N-ethyl adjacent to an activating group) is 1. The van der Waals surface area contributed by atoms with Gasteiger partial charge < -0.3 is 5.32 Å². The fourth-order valence-electron chi connectivity index (χ4n) is 1.50. The van der Waals surface area contributed by atoms with Crippen molar-refractivity contribution in [3.05, 3.63) is 30.1 Å². The number of nitrogens with zero attached hydrogens (tertiary/aromatic N) is 1. The zero-order valence-electron chi connectivity index (χ0n) is 8.46. The number of aromatic nitrogens is 1. The molecule has 0 aliphatic rings. The number of nitrogens with one attached hydrogen (secondary N) is 1. The van der Waals surface area contributed by atoms with Crippen LogP contribution in [-0.4, -0.2) is 18.1 Å². The second kappa shape index (κ2) is 5.70. The van der Waals surface area contributed by atoms with Crippen molar-refractivity contribution in [1.29, 1.82) is 0 Å². The molecule has 0 aromatic carbocycles. The van der Waals surface area contributed by atoms with E-state index in [1.807, 2.05) is 19.4 Å². The van der Waals surface area contributed by atoms with Gasteiger partial charge in [-0.15, -0.1) is 0 Å². The Morgan fingerprint density at radius 2 is 2.08 bits per heavy atom. The molecule has 0 saturated carbocycles. The molecular weight excluding hydrogens is 160 g/mol. The summed E-state index contributed by atoms with van der Waals surface area (Å²) < 4.78 is 0. The van der Waals surface area contributed by atoms with Crippen LogP contribution < -0.4 is 5.32 Å². The Hall–Kier alpha value is -0.890. The lowest BCUT2D eigenvalue weighted by Gasteiger charge is -2.14. The quantitative estimate of drug-likeness (QED) is 0.746. The maximum Gasteiger partial charge on any atom is 0.0270 e.